The summed E-state index contributed by atoms with van der Waals surface area (Å²) in [6.07, 6.45) is 2.21. The van der Waals surface area contributed by atoms with Gasteiger partial charge >= 0.3 is 0 Å². The van der Waals surface area contributed by atoms with Crippen LogP contribution in [0, 0.1) is 6.92 Å². The molecule has 6 heteroatoms. The van der Waals surface area contributed by atoms with E-state index in [-0.39, 0.29) is 12.1 Å². The number of rotatable bonds is 1. The lowest BCUT2D eigenvalue weighted by Crippen LogP contribution is -2.55. The Morgan fingerprint density at radius 1 is 1.62 bits per heavy atom. The molecule has 0 amide bonds. The Bertz CT molecular complexity index is 394. The van der Waals surface area contributed by atoms with E-state index in [0.717, 1.165) is 5.82 Å². The molecule has 0 spiro atoms. The Balaban J connectivity index is 1.97. The predicted octanol–water partition coefficient (Wildman–Crippen LogP) is -0.824. The molecule has 2 saturated heterocycles. The first-order chi connectivity index (χ1) is 7.68. The number of nitrogens with two attached hydrogens (primary N) is 1. The first-order valence-electron chi connectivity index (χ1n) is 5.38. The largest absolute Gasteiger partial charge is 0.389 e. The zero-order chi connectivity index (χ0) is 11.3. The van der Waals surface area contributed by atoms with Crippen LogP contribution in [0.15, 0.2) is 12.4 Å². The minimum absolute atomic E-state index is 0.194. The van der Waals surface area contributed by atoms with E-state index in [1.807, 2.05) is 11.5 Å². The van der Waals surface area contributed by atoms with Crippen molar-refractivity contribution in [1.29, 1.82) is 0 Å². The van der Waals surface area contributed by atoms with Gasteiger partial charge in [-0.2, -0.15) is 0 Å². The minimum atomic E-state index is -0.667. The molecule has 2 aliphatic rings. The van der Waals surface area contributed by atoms with Crippen LogP contribution in [0.4, 0.5) is 0 Å². The number of fused-ring (bicyclic) bond motifs is 2. The molecule has 2 aliphatic heterocycles. The second kappa shape index (κ2) is 3.53. The van der Waals surface area contributed by atoms with Crippen molar-refractivity contribution in [2.75, 3.05) is 6.61 Å². The van der Waals surface area contributed by atoms with E-state index in [2.05, 4.69) is 4.98 Å². The van der Waals surface area contributed by atoms with E-state index in [9.17, 15) is 5.11 Å². The van der Waals surface area contributed by atoms with Gasteiger partial charge < -0.3 is 24.9 Å². The molecule has 3 heterocycles. The normalized spacial score (nSPS) is 42.6. The second-order valence-corrected chi connectivity index (χ2v) is 4.32. The van der Waals surface area contributed by atoms with Crippen LogP contribution in [0.1, 0.15) is 11.9 Å². The van der Waals surface area contributed by atoms with E-state index in [1.165, 1.54) is 0 Å². The van der Waals surface area contributed by atoms with Crippen molar-refractivity contribution in [3.8, 4) is 0 Å². The summed E-state index contributed by atoms with van der Waals surface area (Å²) < 4.78 is 13.0. The highest BCUT2D eigenvalue weighted by atomic mass is 16.7. The van der Waals surface area contributed by atoms with Crippen LogP contribution in [0.3, 0.4) is 0 Å². The summed E-state index contributed by atoms with van der Waals surface area (Å²) in [6.45, 7) is 2.33. The number of aliphatic hydroxyl groups is 1. The number of imidazole rings is 1. The average Bonchev–Trinajstić information content (AvgIpc) is 2.86. The zero-order valence-electron chi connectivity index (χ0n) is 8.98. The summed E-state index contributed by atoms with van der Waals surface area (Å²) in [5.41, 5.74) is 5.92. The summed E-state index contributed by atoms with van der Waals surface area (Å²) in [5, 5.41) is 10.2. The van der Waals surface area contributed by atoms with Crippen molar-refractivity contribution >= 4 is 0 Å². The van der Waals surface area contributed by atoms with Gasteiger partial charge in [0.2, 0.25) is 0 Å². The summed E-state index contributed by atoms with van der Waals surface area (Å²) in [7, 11) is 0. The van der Waals surface area contributed by atoms with Gasteiger partial charge in [-0.05, 0) is 6.92 Å². The topological polar surface area (TPSA) is 82.5 Å². The number of nitrogens with zero attached hydrogens (tertiary/aromatic N) is 2. The van der Waals surface area contributed by atoms with Crippen LogP contribution in [0.2, 0.25) is 0 Å². The summed E-state index contributed by atoms with van der Waals surface area (Å²) >= 11 is 0. The average molecular weight is 225 g/mol. The Morgan fingerprint density at radius 2 is 2.44 bits per heavy atom. The molecule has 0 radical (unpaired) electrons. The zero-order valence-corrected chi connectivity index (χ0v) is 8.98. The first kappa shape index (κ1) is 10.2. The van der Waals surface area contributed by atoms with E-state index in [0.29, 0.717) is 6.61 Å². The third kappa shape index (κ3) is 1.31. The number of hydrogen-bond acceptors (Lipinski definition) is 5. The Kier molecular flexibility index (Phi) is 2.25. The minimum Gasteiger partial charge on any atom is -0.389 e. The van der Waals surface area contributed by atoms with Gasteiger partial charge in [0, 0.05) is 12.4 Å². The molecule has 88 valence electrons. The Morgan fingerprint density at radius 3 is 3.12 bits per heavy atom. The van der Waals surface area contributed by atoms with Gasteiger partial charge in [-0.25, -0.2) is 4.98 Å². The molecule has 1 aromatic rings. The van der Waals surface area contributed by atoms with Crippen LogP contribution < -0.4 is 5.73 Å². The number of aryl methyl sites for hydroxylation is 1. The SMILES string of the molecule is Cc1nccn1C1C2OCC(O2)C(N)C1O. The Labute approximate surface area is 93.0 Å². The van der Waals surface area contributed by atoms with E-state index >= 15 is 0 Å². The number of hydrogen-bond donors (Lipinski definition) is 2. The third-order valence-corrected chi connectivity index (χ3v) is 3.37. The van der Waals surface area contributed by atoms with Crippen LogP contribution >= 0.6 is 0 Å². The lowest BCUT2D eigenvalue weighted by Gasteiger charge is -2.37. The van der Waals surface area contributed by atoms with Crippen molar-refractivity contribution in [1.82, 2.24) is 9.55 Å². The fourth-order valence-electron chi connectivity index (χ4n) is 2.43. The van der Waals surface area contributed by atoms with E-state index < -0.39 is 18.4 Å². The molecule has 5 unspecified atom stereocenters. The lowest BCUT2D eigenvalue weighted by molar-refractivity contribution is -0.160. The number of ether oxygens (including phenoxy) is 2. The fourth-order valence-corrected chi connectivity index (χ4v) is 2.43. The van der Waals surface area contributed by atoms with Gasteiger partial charge in [0.25, 0.3) is 0 Å². The highest BCUT2D eigenvalue weighted by Crippen LogP contribution is 2.35. The summed E-state index contributed by atoms with van der Waals surface area (Å²) in [5.74, 6) is 0.814. The maximum atomic E-state index is 10.2. The molecule has 6 nitrogen and oxygen atoms in total. The van der Waals surface area contributed by atoms with Crippen LogP contribution in [-0.4, -0.2) is 45.8 Å². The molecule has 16 heavy (non-hydrogen) atoms. The van der Waals surface area contributed by atoms with Gasteiger partial charge in [-0.1, -0.05) is 0 Å². The van der Waals surface area contributed by atoms with E-state index in [1.54, 1.807) is 12.4 Å². The molecule has 2 fully saturated rings. The van der Waals surface area contributed by atoms with Crippen LogP contribution in [0.5, 0.6) is 0 Å². The third-order valence-electron chi connectivity index (χ3n) is 3.37. The summed E-state index contributed by atoms with van der Waals surface area (Å²) in [4.78, 5) is 4.13. The molecule has 2 bridgehead atoms. The molecule has 3 rings (SSSR count). The molecular formula is C10H15N3O3. The maximum Gasteiger partial charge on any atom is 0.181 e. The monoisotopic (exact) mass is 225 g/mol. The maximum absolute atomic E-state index is 10.2. The van der Waals surface area contributed by atoms with Crippen molar-refractivity contribution in [3.05, 3.63) is 18.2 Å². The fraction of sp³-hybridized carbons (Fsp3) is 0.700. The van der Waals surface area contributed by atoms with Gasteiger partial charge in [0.05, 0.1) is 18.8 Å². The molecule has 0 saturated carbocycles. The van der Waals surface area contributed by atoms with E-state index in [4.69, 9.17) is 15.2 Å². The molecule has 0 aromatic carbocycles. The predicted molar refractivity (Wildman–Crippen MR) is 54.6 cm³/mol. The van der Waals surface area contributed by atoms with Gasteiger partial charge in [-0.15, -0.1) is 0 Å². The smallest absolute Gasteiger partial charge is 0.181 e. The lowest BCUT2D eigenvalue weighted by atomic mass is 9.97. The first-order valence-corrected chi connectivity index (χ1v) is 5.38. The highest BCUT2D eigenvalue weighted by molar-refractivity contribution is 5.03. The number of aliphatic hydroxyl groups excluding tert-OH is 1. The quantitative estimate of drug-likeness (QED) is 0.652. The van der Waals surface area contributed by atoms with Crippen LogP contribution in [0.25, 0.3) is 0 Å². The second-order valence-electron chi connectivity index (χ2n) is 4.32. The van der Waals surface area contributed by atoms with Gasteiger partial charge in [0.1, 0.15) is 18.0 Å². The standard InChI is InChI=1S/C10H15N3O3/c1-5-12-2-3-13(5)8-9(14)7(11)6-4-15-10(8)16-6/h2-3,6-10,14H,4,11H2,1H3. The van der Waals surface area contributed by atoms with Crippen molar-refractivity contribution < 1.29 is 14.6 Å². The Hall–Kier alpha value is -0.950. The molecular weight excluding hydrogens is 210 g/mol. The molecule has 5 atom stereocenters. The molecule has 0 aliphatic carbocycles. The highest BCUT2D eigenvalue weighted by Gasteiger charge is 2.49. The molecule has 3 N–H and O–H groups in total. The number of aromatic nitrogens is 2. The van der Waals surface area contributed by atoms with Gasteiger partial charge in [-0.3, -0.25) is 0 Å². The van der Waals surface area contributed by atoms with Crippen molar-refractivity contribution in [3.63, 3.8) is 0 Å². The van der Waals surface area contributed by atoms with Crippen LogP contribution in [-0.2, 0) is 9.47 Å². The molecule has 1 aromatic heterocycles. The van der Waals surface area contributed by atoms with Crippen molar-refractivity contribution in [2.24, 2.45) is 5.73 Å². The van der Waals surface area contributed by atoms with Gasteiger partial charge in [0.15, 0.2) is 6.29 Å². The summed E-state index contributed by atoms with van der Waals surface area (Å²) in [6, 6.07) is -0.721. The van der Waals surface area contributed by atoms with Crippen molar-refractivity contribution in [2.45, 2.75) is 37.5 Å².